The van der Waals surface area contributed by atoms with E-state index in [1.165, 1.54) is 0 Å². The molecule has 1 rings (SSSR count). The first-order valence-electron chi connectivity index (χ1n) is 5.18. The van der Waals surface area contributed by atoms with Crippen LogP contribution >= 0.6 is 0 Å². The molecule has 0 atom stereocenters. The summed E-state index contributed by atoms with van der Waals surface area (Å²) in [7, 11) is 1.81. The molecule has 15 heavy (non-hydrogen) atoms. The maximum Gasteiger partial charge on any atom is 0.225 e. The van der Waals surface area contributed by atoms with Crippen molar-refractivity contribution in [1.29, 1.82) is 0 Å². The fourth-order valence-corrected chi connectivity index (χ4v) is 1.45. The average molecular weight is 206 g/mol. The molecule has 0 saturated carbocycles. The summed E-state index contributed by atoms with van der Waals surface area (Å²) in [5, 5.41) is 0. The Bertz CT molecular complexity index is 347. The Morgan fingerprint density at radius 1 is 1.47 bits per heavy atom. The molecular formula is C12H18N2O. The van der Waals surface area contributed by atoms with Crippen LogP contribution in [-0.4, -0.2) is 22.8 Å². The van der Waals surface area contributed by atoms with Gasteiger partial charge in [-0.2, -0.15) is 0 Å². The van der Waals surface area contributed by atoms with Gasteiger partial charge >= 0.3 is 0 Å². The highest BCUT2D eigenvalue weighted by Gasteiger charge is 2.13. The van der Waals surface area contributed by atoms with Gasteiger partial charge in [0, 0.05) is 18.7 Å². The number of nitrogens with zero attached hydrogens (tertiary/aromatic N) is 2. The Hall–Kier alpha value is -1.38. The maximum atomic E-state index is 11.6. The van der Waals surface area contributed by atoms with Crippen LogP contribution < -0.4 is 0 Å². The zero-order chi connectivity index (χ0) is 11.4. The molecule has 0 unspecified atom stereocenters. The molecule has 0 aliphatic rings. The molecule has 0 bridgehead atoms. The number of aryl methyl sites for hydroxylation is 1. The summed E-state index contributed by atoms with van der Waals surface area (Å²) in [6.07, 6.45) is 0. The van der Waals surface area contributed by atoms with Crippen LogP contribution in [0.3, 0.4) is 0 Å². The summed E-state index contributed by atoms with van der Waals surface area (Å²) in [5.74, 6) is 0.193. The second-order valence-corrected chi connectivity index (χ2v) is 4.12. The van der Waals surface area contributed by atoms with Crippen molar-refractivity contribution in [2.45, 2.75) is 27.3 Å². The van der Waals surface area contributed by atoms with E-state index in [9.17, 15) is 4.79 Å². The third kappa shape index (κ3) is 3.35. The van der Waals surface area contributed by atoms with E-state index in [2.05, 4.69) is 4.98 Å². The molecule has 0 radical (unpaired) electrons. The van der Waals surface area contributed by atoms with E-state index < -0.39 is 0 Å². The minimum Gasteiger partial charge on any atom is -0.340 e. The highest BCUT2D eigenvalue weighted by atomic mass is 16.2. The average Bonchev–Trinajstić information content (AvgIpc) is 2.16. The van der Waals surface area contributed by atoms with E-state index in [0.29, 0.717) is 6.54 Å². The largest absolute Gasteiger partial charge is 0.340 e. The molecule has 0 saturated heterocycles. The minimum absolute atomic E-state index is 0.0415. The van der Waals surface area contributed by atoms with Gasteiger partial charge in [0.05, 0.1) is 12.2 Å². The number of carbonyl (C=O) groups excluding carboxylic acids is 1. The van der Waals surface area contributed by atoms with Gasteiger partial charge < -0.3 is 4.90 Å². The molecule has 1 amide bonds. The Kier molecular flexibility index (Phi) is 3.83. The summed E-state index contributed by atoms with van der Waals surface area (Å²) in [6.45, 7) is 6.34. The predicted molar refractivity (Wildman–Crippen MR) is 60.3 cm³/mol. The second kappa shape index (κ2) is 4.91. The van der Waals surface area contributed by atoms with Gasteiger partial charge in [-0.1, -0.05) is 19.9 Å². The molecule has 0 aliphatic heterocycles. The molecule has 0 spiro atoms. The van der Waals surface area contributed by atoms with Crippen molar-refractivity contribution < 1.29 is 4.79 Å². The molecular weight excluding hydrogens is 188 g/mol. The summed E-state index contributed by atoms with van der Waals surface area (Å²) < 4.78 is 0. The fraction of sp³-hybridized carbons (Fsp3) is 0.500. The van der Waals surface area contributed by atoms with Crippen LogP contribution in [0.4, 0.5) is 0 Å². The fourth-order valence-electron chi connectivity index (χ4n) is 1.45. The van der Waals surface area contributed by atoms with Crippen molar-refractivity contribution in [2.75, 3.05) is 7.05 Å². The number of carbonyl (C=O) groups is 1. The van der Waals surface area contributed by atoms with Crippen LogP contribution in [0.1, 0.15) is 25.2 Å². The lowest BCUT2D eigenvalue weighted by Crippen LogP contribution is -2.30. The molecule has 3 nitrogen and oxygen atoms in total. The first kappa shape index (κ1) is 11.7. The standard InChI is InChI=1S/C12H18N2O/c1-9(2)12(15)14(4)8-11-7-5-6-10(3)13-11/h5-7,9H,8H2,1-4H3. The van der Waals surface area contributed by atoms with Gasteiger partial charge in [0.2, 0.25) is 5.91 Å². The number of pyridine rings is 1. The number of hydrogen-bond acceptors (Lipinski definition) is 2. The lowest BCUT2D eigenvalue weighted by atomic mass is 10.2. The molecule has 1 aromatic heterocycles. The van der Waals surface area contributed by atoms with Crippen molar-refractivity contribution in [3.63, 3.8) is 0 Å². The normalized spacial score (nSPS) is 10.5. The Balaban J connectivity index is 2.66. The number of amides is 1. The van der Waals surface area contributed by atoms with Crippen molar-refractivity contribution >= 4 is 5.91 Å². The van der Waals surface area contributed by atoms with E-state index >= 15 is 0 Å². The highest BCUT2D eigenvalue weighted by molar-refractivity contribution is 5.77. The minimum atomic E-state index is 0.0415. The van der Waals surface area contributed by atoms with Crippen LogP contribution in [0.5, 0.6) is 0 Å². The third-order valence-electron chi connectivity index (χ3n) is 2.22. The number of hydrogen-bond donors (Lipinski definition) is 0. The van der Waals surface area contributed by atoms with Gasteiger partial charge in [0.25, 0.3) is 0 Å². The van der Waals surface area contributed by atoms with Gasteiger partial charge in [-0.05, 0) is 19.1 Å². The lowest BCUT2D eigenvalue weighted by molar-refractivity contribution is -0.133. The van der Waals surface area contributed by atoms with Crippen LogP contribution in [0.2, 0.25) is 0 Å². The summed E-state index contributed by atoms with van der Waals surface area (Å²) in [6, 6.07) is 5.86. The van der Waals surface area contributed by atoms with Crippen molar-refractivity contribution in [3.8, 4) is 0 Å². The zero-order valence-corrected chi connectivity index (χ0v) is 9.82. The van der Waals surface area contributed by atoms with E-state index in [4.69, 9.17) is 0 Å². The molecule has 1 heterocycles. The van der Waals surface area contributed by atoms with Gasteiger partial charge in [-0.3, -0.25) is 9.78 Å². The van der Waals surface area contributed by atoms with Gasteiger partial charge in [-0.25, -0.2) is 0 Å². The van der Waals surface area contributed by atoms with Crippen LogP contribution in [0.25, 0.3) is 0 Å². The zero-order valence-electron chi connectivity index (χ0n) is 9.82. The van der Waals surface area contributed by atoms with E-state index in [1.807, 2.05) is 46.0 Å². The molecule has 3 heteroatoms. The second-order valence-electron chi connectivity index (χ2n) is 4.12. The Morgan fingerprint density at radius 3 is 2.67 bits per heavy atom. The SMILES string of the molecule is Cc1cccc(CN(C)C(=O)C(C)C)n1. The van der Waals surface area contributed by atoms with Crippen LogP contribution in [-0.2, 0) is 11.3 Å². The highest BCUT2D eigenvalue weighted by Crippen LogP contribution is 2.05. The maximum absolute atomic E-state index is 11.6. The van der Waals surface area contributed by atoms with Crippen molar-refractivity contribution in [2.24, 2.45) is 5.92 Å². The molecule has 0 aliphatic carbocycles. The van der Waals surface area contributed by atoms with Crippen molar-refractivity contribution in [1.82, 2.24) is 9.88 Å². The van der Waals surface area contributed by atoms with Crippen LogP contribution in [0, 0.1) is 12.8 Å². The van der Waals surface area contributed by atoms with Crippen LogP contribution in [0.15, 0.2) is 18.2 Å². The van der Waals surface area contributed by atoms with E-state index in [0.717, 1.165) is 11.4 Å². The third-order valence-corrected chi connectivity index (χ3v) is 2.22. The summed E-state index contributed by atoms with van der Waals surface area (Å²) in [5.41, 5.74) is 1.92. The lowest BCUT2D eigenvalue weighted by Gasteiger charge is -2.18. The number of rotatable bonds is 3. The smallest absolute Gasteiger partial charge is 0.225 e. The Morgan fingerprint density at radius 2 is 2.13 bits per heavy atom. The molecule has 0 fully saturated rings. The number of aromatic nitrogens is 1. The molecule has 82 valence electrons. The molecule has 1 aromatic rings. The quantitative estimate of drug-likeness (QED) is 0.758. The van der Waals surface area contributed by atoms with E-state index in [1.54, 1.807) is 4.90 Å². The predicted octanol–water partition coefficient (Wildman–Crippen LogP) is 2.00. The molecule has 0 aromatic carbocycles. The Labute approximate surface area is 91.1 Å². The topological polar surface area (TPSA) is 33.2 Å². The van der Waals surface area contributed by atoms with Crippen molar-refractivity contribution in [3.05, 3.63) is 29.6 Å². The summed E-state index contributed by atoms with van der Waals surface area (Å²) in [4.78, 5) is 17.7. The van der Waals surface area contributed by atoms with Gasteiger partial charge in [0.15, 0.2) is 0 Å². The van der Waals surface area contributed by atoms with E-state index in [-0.39, 0.29) is 11.8 Å². The first-order valence-corrected chi connectivity index (χ1v) is 5.18. The summed E-state index contributed by atoms with van der Waals surface area (Å²) >= 11 is 0. The monoisotopic (exact) mass is 206 g/mol. The van der Waals surface area contributed by atoms with Gasteiger partial charge in [-0.15, -0.1) is 0 Å². The molecule has 0 N–H and O–H groups in total. The van der Waals surface area contributed by atoms with Gasteiger partial charge in [0.1, 0.15) is 0 Å². The first-order chi connectivity index (χ1) is 7.00.